The fourth-order valence-electron chi connectivity index (χ4n) is 3.27. The maximum absolute atomic E-state index is 13.5. The Labute approximate surface area is 210 Å². The van der Waals surface area contributed by atoms with Gasteiger partial charge in [0, 0.05) is 16.6 Å². The molecule has 2 rings (SSSR count). The second-order valence-electron chi connectivity index (χ2n) is 9.04. The minimum Gasteiger partial charge on any atom is -0.497 e. The Balaban J connectivity index is 2.42. The predicted octanol–water partition coefficient (Wildman–Crippen LogP) is 3.56. The summed E-state index contributed by atoms with van der Waals surface area (Å²) in [5.74, 6) is -0.231. The molecular formula is C24H32BrN3O5S. The highest BCUT2D eigenvalue weighted by atomic mass is 79.9. The van der Waals surface area contributed by atoms with Gasteiger partial charge in [-0.2, -0.15) is 0 Å². The van der Waals surface area contributed by atoms with Gasteiger partial charge in [0.25, 0.3) is 0 Å². The van der Waals surface area contributed by atoms with Crippen LogP contribution in [-0.2, 0) is 26.2 Å². The van der Waals surface area contributed by atoms with Crippen molar-refractivity contribution in [1.29, 1.82) is 0 Å². The van der Waals surface area contributed by atoms with Gasteiger partial charge in [-0.05, 0) is 63.6 Å². The molecular weight excluding hydrogens is 522 g/mol. The topological polar surface area (TPSA) is 96.0 Å². The van der Waals surface area contributed by atoms with Crippen molar-refractivity contribution in [3.63, 3.8) is 0 Å². The molecule has 0 aliphatic rings. The lowest BCUT2D eigenvalue weighted by Gasteiger charge is -2.33. The Morgan fingerprint density at radius 3 is 2.32 bits per heavy atom. The number of halogens is 1. The maximum atomic E-state index is 13.5. The average Bonchev–Trinajstić information content (AvgIpc) is 2.73. The lowest BCUT2D eigenvalue weighted by atomic mass is 10.1. The zero-order valence-corrected chi connectivity index (χ0v) is 22.7. The second kappa shape index (κ2) is 11.2. The number of methoxy groups -OCH3 is 1. The van der Waals surface area contributed by atoms with Crippen molar-refractivity contribution >= 4 is 43.5 Å². The van der Waals surface area contributed by atoms with Gasteiger partial charge in [0.2, 0.25) is 21.8 Å². The standard InChI is InChI=1S/C24H32BrN3O5S/c1-17(23(30)26-24(2,3)4)27(15-18-9-7-12-21(13-18)33-5)22(29)16-28(34(6,31)32)20-11-8-10-19(25)14-20/h7-14,17H,15-16H2,1-6H3,(H,26,30)/t17-/m1/s1. The first-order valence-electron chi connectivity index (χ1n) is 10.7. The number of anilines is 1. The molecule has 0 aromatic heterocycles. The quantitative estimate of drug-likeness (QED) is 0.512. The summed E-state index contributed by atoms with van der Waals surface area (Å²) in [4.78, 5) is 27.9. The van der Waals surface area contributed by atoms with Gasteiger partial charge in [-0.15, -0.1) is 0 Å². The van der Waals surface area contributed by atoms with Crippen LogP contribution in [0.4, 0.5) is 5.69 Å². The summed E-state index contributed by atoms with van der Waals surface area (Å²) in [6.07, 6.45) is 1.04. The molecule has 0 fully saturated rings. The summed E-state index contributed by atoms with van der Waals surface area (Å²) in [5.41, 5.74) is 0.598. The molecule has 2 amide bonds. The van der Waals surface area contributed by atoms with Gasteiger partial charge < -0.3 is 15.0 Å². The fourth-order valence-corrected chi connectivity index (χ4v) is 4.50. The van der Waals surface area contributed by atoms with Crippen LogP contribution in [-0.4, -0.2) is 56.6 Å². The Kier molecular flexibility index (Phi) is 9.13. The molecule has 186 valence electrons. The molecule has 34 heavy (non-hydrogen) atoms. The lowest BCUT2D eigenvalue weighted by Crippen LogP contribution is -2.54. The van der Waals surface area contributed by atoms with Crippen molar-refractivity contribution < 1.29 is 22.7 Å². The van der Waals surface area contributed by atoms with Crippen molar-refractivity contribution in [2.24, 2.45) is 0 Å². The zero-order chi connectivity index (χ0) is 25.7. The number of amides is 2. The zero-order valence-electron chi connectivity index (χ0n) is 20.3. The first kappa shape index (κ1) is 27.7. The molecule has 0 saturated carbocycles. The number of carbonyl (C=O) groups excluding carboxylic acids is 2. The van der Waals surface area contributed by atoms with E-state index >= 15 is 0 Å². The van der Waals surface area contributed by atoms with Crippen molar-refractivity contribution in [3.05, 3.63) is 58.6 Å². The maximum Gasteiger partial charge on any atom is 0.244 e. The molecule has 0 aliphatic heterocycles. The highest BCUT2D eigenvalue weighted by Crippen LogP contribution is 2.23. The third kappa shape index (κ3) is 8.02. The molecule has 2 aromatic rings. The van der Waals surface area contributed by atoms with E-state index in [4.69, 9.17) is 4.74 Å². The number of sulfonamides is 1. The Bertz CT molecular complexity index is 1130. The lowest BCUT2D eigenvalue weighted by molar-refractivity contribution is -0.140. The van der Waals surface area contributed by atoms with Crippen LogP contribution in [0.25, 0.3) is 0 Å². The first-order chi connectivity index (χ1) is 15.7. The van der Waals surface area contributed by atoms with Crippen LogP contribution < -0.4 is 14.4 Å². The molecule has 0 bridgehead atoms. The summed E-state index contributed by atoms with van der Waals surface area (Å²) in [7, 11) is -2.23. The van der Waals surface area contributed by atoms with Gasteiger partial charge in [-0.3, -0.25) is 13.9 Å². The third-order valence-corrected chi connectivity index (χ3v) is 6.56. The van der Waals surface area contributed by atoms with Gasteiger partial charge >= 0.3 is 0 Å². The summed E-state index contributed by atoms with van der Waals surface area (Å²) >= 11 is 3.34. The van der Waals surface area contributed by atoms with Crippen LogP contribution in [0.2, 0.25) is 0 Å². The van der Waals surface area contributed by atoms with Crippen LogP contribution in [0.15, 0.2) is 53.0 Å². The molecule has 10 heteroatoms. The number of nitrogens with one attached hydrogen (secondary N) is 1. The molecule has 1 N–H and O–H groups in total. The third-order valence-electron chi connectivity index (χ3n) is 4.93. The van der Waals surface area contributed by atoms with Crippen LogP contribution in [0.5, 0.6) is 5.75 Å². The molecule has 0 saturated heterocycles. The minimum absolute atomic E-state index is 0.102. The van der Waals surface area contributed by atoms with Crippen LogP contribution in [0.1, 0.15) is 33.3 Å². The minimum atomic E-state index is -3.78. The van der Waals surface area contributed by atoms with E-state index in [9.17, 15) is 18.0 Å². The SMILES string of the molecule is COc1cccc(CN(C(=O)CN(c2cccc(Br)c2)S(C)(=O)=O)[C@H](C)C(=O)NC(C)(C)C)c1. The predicted molar refractivity (Wildman–Crippen MR) is 137 cm³/mol. The van der Waals surface area contributed by atoms with Gasteiger partial charge in [0.05, 0.1) is 19.1 Å². The Morgan fingerprint density at radius 1 is 1.12 bits per heavy atom. The number of rotatable bonds is 9. The summed E-state index contributed by atoms with van der Waals surface area (Å²) in [5, 5.41) is 2.89. The molecule has 1 atom stereocenters. The molecule has 8 nitrogen and oxygen atoms in total. The van der Waals surface area contributed by atoms with Crippen LogP contribution >= 0.6 is 15.9 Å². The van der Waals surface area contributed by atoms with E-state index in [2.05, 4.69) is 21.2 Å². The van der Waals surface area contributed by atoms with Gasteiger partial charge in [-0.25, -0.2) is 8.42 Å². The van der Waals surface area contributed by atoms with E-state index in [0.29, 0.717) is 15.9 Å². The van der Waals surface area contributed by atoms with Gasteiger partial charge in [0.1, 0.15) is 18.3 Å². The molecule has 2 aromatic carbocycles. The largest absolute Gasteiger partial charge is 0.497 e. The molecule has 0 spiro atoms. The number of ether oxygens (including phenoxy) is 1. The molecule has 0 heterocycles. The van der Waals surface area contributed by atoms with E-state index in [1.54, 1.807) is 56.5 Å². The fraction of sp³-hybridized carbons (Fsp3) is 0.417. The number of hydrogen-bond donors (Lipinski definition) is 1. The Hall–Kier alpha value is -2.59. The molecule has 0 aliphatic carbocycles. The van der Waals surface area contributed by atoms with Crippen molar-refractivity contribution in [2.45, 2.75) is 45.8 Å². The monoisotopic (exact) mass is 553 g/mol. The van der Waals surface area contributed by atoms with E-state index in [-0.39, 0.29) is 12.5 Å². The summed E-state index contributed by atoms with van der Waals surface area (Å²) < 4.78 is 32.1. The van der Waals surface area contributed by atoms with Crippen LogP contribution in [0.3, 0.4) is 0 Å². The first-order valence-corrected chi connectivity index (χ1v) is 13.3. The second-order valence-corrected chi connectivity index (χ2v) is 11.9. The van der Waals surface area contributed by atoms with Crippen molar-refractivity contribution in [1.82, 2.24) is 10.2 Å². The molecule has 0 unspecified atom stereocenters. The van der Waals surface area contributed by atoms with Crippen LogP contribution in [0, 0.1) is 0 Å². The highest BCUT2D eigenvalue weighted by molar-refractivity contribution is 9.10. The summed E-state index contributed by atoms with van der Waals surface area (Å²) in [6.45, 7) is 6.83. The van der Waals surface area contributed by atoms with E-state index in [1.165, 1.54) is 4.90 Å². The number of nitrogens with zero attached hydrogens (tertiary/aromatic N) is 2. The average molecular weight is 555 g/mol. The van der Waals surface area contributed by atoms with Crippen molar-refractivity contribution in [2.75, 3.05) is 24.2 Å². The van der Waals surface area contributed by atoms with E-state index in [0.717, 1.165) is 16.1 Å². The van der Waals surface area contributed by atoms with E-state index in [1.807, 2.05) is 26.8 Å². The highest BCUT2D eigenvalue weighted by Gasteiger charge is 2.31. The van der Waals surface area contributed by atoms with Gasteiger partial charge in [-0.1, -0.05) is 34.1 Å². The van der Waals surface area contributed by atoms with Gasteiger partial charge in [0.15, 0.2) is 0 Å². The summed E-state index contributed by atoms with van der Waals surface area (Å²) in [6, 6.07) is 13.0. The smallest absolute Gasteiger partial charge is 0.244 e. The molecule has 0 radical (unpaired) electrons. The van der Waals surface area contributed by atoms with Crippen molar-refractivity contribution in [3.8, 4) is 5.75 Å². The van der Waals surface area contributed by atoms with E-state index < -0.39 is 34.1 Å². The number of carbonyl (C=O) groups is 2. The Morgan fingerprint density at radius 2 is 1.76 bits per heavy atom. The number of benzene rings is 2. The normalized spacial score (nSPS) is 12.6. The number of hydrogen-bond acceptors (Lipinski definition) is 5.